The largest absolute Gasteiger partial charge is 0.488 e. The molecule has 5 heteroatoms. The average molecular weight is 507 g/mol. The highest BCUT2D eigenvalue weighted by Gasteiger charge is 2.59. The number of rotatable bonds is 6. The molecule has 2 aromatic carbocycles. The van der Waals surface area contributed by atoms with Gasteiger partial charge in [-0.15, -0.1) is 0 Å². The first-order valence-corrected chi connectivity index (χ1v) is 12.4. The maximum Gasteiger partial charge on any atom is 0.131 e. The summed E-state index contributed by atoms with van der Waals surface area (Å²) < 4.78 is 21.3. The second kappa shape index (κ2) is 7.74. The van der Waals surface area contributed by atoms with Gasteiger partial charge in [-0.05, 0) is 85.6 Å². The van der Waals surface area contributed by atoms with Crippen LogP contribution in [0.25, 0.3) is 0 Å². The average Bonchev–Trinajstić information content (AvgIpc) is 2.64. The molecule has 0 spiro atoms. The van der Waals surface area contributed by atoms with Crippen LogP contribution in [0.4, 0.5) is 4.39 Å². The van der Waals surface area contributed by atoms with Gasteiger partial charge >= 0.3 is 0 Å². The normalized spacial score (nSPS) is 33.6. The van der Waals surface area contributed by atoms with E-state index in [0.717, 1.165) is 28.2 Å². The van der Waals surface area contributed by atoms with Crippen molar-refractivity contribution < 1.29 is 9.13 Å². The molecule has 0 radical (unpaired) electrons. The molecule has 2 unspecified atom stereocenters. The minimum Gasteiger partial charge on any atom is -0.488 e. The van der Waals surface area contributed by atoms with E-state index in [2.05, 4.69) is 41.2 Å². The Balaban J connectivity index is 1.34. The predicted molar refractivity (Wildman–Crippen MR) is 127 cm³/mol. The van der Waals surface area contributed by atoms with Gasteiger partial charge in [0.15, 0.2) is 0 Å². The summed E-state index contributed by atoms with van der Waals surface area (Å²) in [6.45, 7) is 5.86. The van der Waals surface area contributed by atoms with Crippen molar-refractivity contribution >= 4 is 27.5 Å². The van der Waals surface area contributed by atoms with Crippen LogP contribution in [0.15, 0.2) is 40.9 Å². The Kier molecular flexibility index (Phi) is 5.43. The van der Waals surface area contributed by atoms with Crippen molar-refractivity contribution in [3.63, 3.8) is 0 Å². The van der Waals surface area contributed by atoms with Crippen LogP contribution in [0.2, 0.25) is 5.02 Å². The number of ether oxygens (including phenoxy) is 1. The van der Waals surface area contributed by atoms with Crippen molar-refractivity contribution in [3.8, 4) is 5.75 Å². The maximum absolute atomic E-state index is 14.2. The summed E-state index contributed by atoms with van der Waals surface area (Å²) in [6.07, 6.45) is 7.96. The lowest BCUT2D eigenvalue weighted by molar-refractivity contribution is -0.118. The number of benzene rings is 2. The summed E-state index contributed by atoms with van der Waals surface area (Å²) in [5.74, 6) is 1.29. The van der Waals surface area contributed by atoms with Crippen molar-refractivity contribution in [3.05, 3.63) is 62.8 Å². The van der Waals surface area contributed by atoms with E-state index < -0.39 is 0 Å². The molecule has 6 rings (SSSR count). The van der Waals surface area contributed by atoms with Crippen molar-refractivity contribution in [2.75, 3.05) is 0 Å². The molecule has 4 atom stereocenters. The topological polar surface area (TPSA) is 21.3 Å². The Labute approximate surface area is 198 Å². The molecule has 4 saturated carbocycles. The van der Waals surface area contributed by atoms with Crippen LogP contribution in [0.3, 0.4) is 0 Å². The van der Waals surface area contributed by atoms with Gasteiger partial charge in [0.25, 0.3) is 0 Å². The van der Waals surface area contributed by atoms with Crippen molar-refractivity contribution in [1.82, 2.24) is 5.32 Å². The van der Waals surface area contributed by atoms with E-state index in [4.69, 9.17) is 16.3 Å². The SMILES string of the molecule is C[C@]12CC3CC(NCc4cc(Br)ccc4OCc4c(F)cccc4Cl)(C1)C[C@@](C)(C3)C2. The Hall–Kier alpha value is -1.10. The highest BCUT2D eigenvalue weighted by atomic mass is 79.9. The number of nitrogens with one attached hydrogen (secondary N) is 1. The third-order valence-electron chi connectivity index (χ3n) is 7.74. The Morgan fingerprint density at radius 3 is 2.52 bits per heavy atom. The van der Waals surface area contributed by atoms with Crippen molar-refractivity contribution in [1.29, 1.82) is 0 Å². The van der Waals surface area contributed by atoms with Crippen LogP contribution < -0.4 is 10.1 Å². The Bertz CT molecular complexity index is 973. The standard InChI is InChI=1S/C26H30BrClFNO/c1-24-9-17-10-25(2,14-24)16-26(11-17,15-24)30-12-18-8-19(27)6-7-23(18)31-13-20-21(28)4-3-5-22(20)29/h3-8,17,30H,9-16H2,1-2H3/t17?,24-,25+,26?. The van der Waals surface area contributed by atoms with Crippen molar-refractivity contribution in [2.24, 2.45) is 16.7 Å². The van der Waals surface area contributed by atoms with E-state index >= 15 is 0 Å². The van der Waals surface area contributed by atoms with Gasteiger partial charge in [0.05, 0.1) is 5.02 Å². The summed E-state index contributed by atoms with van der Waals surface area (Å²) >= 11 is 9.79. The van der Waals surface area contributed by atoms with E-state index in [-0.39, 0.29) is 18.0 Å². The van der Waals surface area contributed by atoms with Crippen LogP contribution in [0.1, 0.15) is 63.5 Å². The molecule has 0 aliphatic heterocycles. The molecular formula is C26H30BrClFNO. The fourth-order valence-corrected chi connectivity index (χ4v) is 8.20. The lowest BCUT2D eigenvalue weighted by Crippen LogP contribution is -2.63. The van der Waals surface area contributed by atoms with Crippen LogP contribution >= 0.6 is 27.5 Å². The number of halogens is 3. The summed E-state index contributed by atoms with van der Waals surface area (Å²) in [7, 11) is 0. The van der Waals surface area contributed by atoms with Gasteiger partial charge in [0.2, 0.25) is 0 Å². The second-order valence-corrected chi connectivity index (χ2v) is 12.3. The Morgan fingerprint density at radius 2 is 1.84 bits per heavy atom. The molecule has 0 amide bonds. The zero-order valence-electron chi connectivity index (χ0n) is 18.2. The van der Waals surface area contributed by atoms with Crippen LogP contribution in [0, 0.1) is 22.6 Å². The van der Waals surface area contributed by atoms with E-state index in [1.54, 1.807) is 12.1 Å². The monoisotopic (exact) mass is 505 g/mol. The summed E-state index contributed by atoms with van der Waals surface area (Å²) in [5, 5.41) is 4.38. The molecule has 1 N–H and O–H groups in total. The molecule has 0 heterocycles. The summed E-state index contributed by atoms with van der Waals surface area (Å²) in [4.78, 5) is 0. The quantitative estimate of drug-likeness (QED) is 0.434. The number of hydrogen-bond acceptors (Lipinski definition) is 2. The third-order valence-corrected chi connectivity index (χ3v) is 8.58. The molecule has 4 bridgehead atoms. The van der Waals surface area contributed by atoms with Crippen LogP contribution in [0.5, 0.6) is 5.75 Å². The lowest BCUT2D eigenvalue weighted by atomic mass is 9.43. The van der Waals surface area contributed by atoms with Crippen LogP contribution in [-0.2, 0) is 13.2 Å². The maximum atomic E-state index is 14.2. The van der Waals surface area contributed by atoms with Crippen molar-refractivity contribution in [2.45, 2.75) is 71.1 Å². The molecule has 0 saturated heterocycles. The highest BCUT2D eigenvalue weighted by Crippen LogP contribution is 2.66. The van der Waals surface area contributed by atoms with Gasteiger partial charge in [0.1, 0.15) is 18.2 Å². The molecule has 4 fully saturated rings. The fourth-order valence-electron chi connectivity index (χ4n) is 7.57. The van der Waals surface area contributed by atoms with E-state index in [9.17, 15) is 4.39 Å². The summed E-state index contributed by atoms with van der Waals surface area (Å²) in [5.41, 5.74) is 2.65. The molecule has 2 aromatic rings. The molecule has 31 heavy (non-hydrogen) atoms. The predicted octanol–water partition coefficient (Wildman–Crippen LogP) is 7.66. The van der Waals surface area contributed by atoms with Crippen LogP contribution in [-0.4, -0.2) is 5.54 Å². The first-order valence-electron chi connectivity index (χ1n) is 11.3. The van der Waals surface area contributed by atoms with E-state index in [1.165, 1.54) is 44.6 Å². The van der Waals surface area contributed by atoms with Gasteiger partial charge in [-0.3, -0.25) is 0 Å². The Morgan fingerprint density at radius 1 is 1.10 bits per heavy atom. The van der Waals surface area contributed by atoms with Gasteiger partial charge in [0, 0.05) is 27.7 Å². The summed E-state index contributed by atoms with van der Waals surface area (Å²) in [6, 6.07) is 10.8. The molecular weight excluding hydrogens is 477 g/mol. The molecule has 0 aromatic heterocycles. The molecule has 166 valence electrons. The molecule has 2 nitrogen and oxygen atoms in total. The number of hydrogen-bond donors (Lipinski definition) is 1. The fraction of sp³-hybridized carbons (Fsp3) is 0.538. The minimum absolute atomic E-state index is 0.115. The highest BCUT2D eigenvalue weighted by molar-refractivity contribution is 9.10. The zero-order valence-corrected chi connectivity index (χ0v) is 20.6. The van der Waals surface area contributed by atoms with Gasteiger partial charge < -0.3 is 10.1 Å². The van der Waals surface area contributed by atoms with Gasteiger partial charge in [-0.25, -0.2) is 4.39 Å². The molecule has 4 aliphatic carbocycles. The first-order chi connectivity index (χ1) is 14.7. The third kappa shape index (κ3) is 4.28. The zero-order chi connectivity index (χ0) is 21.9. The lowest BCUT2D eigenvalue weighted by Gasteiger charge is -2.65. The minimum atomic E-state index is -0.334. The van der Waals surface area contributed by atoms with E-state index in [1.807, 2.05) is 12.1 Å². The smallest absolute Gasteiger partial charge is 0.131 e. The van der Waals surface area contributed by atoms with Gasteiger partial charge in [-0.2, -0.15) is 0 Å². The van der Waals surface area contributed by atoms with E-state index in [0.29, 0.717) is 21.4 Å². The second-order valence-electron chi connectivity index (χ2n) is 11.0. The molecule has 4 aliphatic rings. The van der Waals surface area contributed by atoms with Gasteiger partial charge in [-0.1, -0.05) is 47.4 Å². The first kappa shape index (κ1) is 21.7.